The Hall–Kier alpha value is -3.09. The molecule has 0 aromatic heterocycles. The number of carbonyl (C=O) groups is 2. The molecule has 0 unspecified atom stereocenters. The highest BCUT2D eigenvalue weighted by molar-refractivity contribution is 7.99. The van der Waals surface area contributed by atoms with Crippen LogP contribution in [0.1, 0.15) is 52.1 Å². The molecule has 0 radical (unpaired) electrons. The topological polar surface area (TPSA) is 53.9 Å². The minimum Gasteiger partial charge on any atom is -0.352 e. The number of hydrogen-bond donors (Lipinski definition) is 2. The van der Waals surface area contributed by atoms with Crippen LogP contribution < -0.4 is 15.1 Å². The Morgan fingerprint density at radius 3 is 2.46 bits per heavy atom. The van der Waals surface area contributed by atoms with Crippen molar-refractivity contribution in [3.63, 3.8) is 0 Å². The monoisotopic (exact) mass is 488 g/mol. The molecule has 1 aliphatic heterocycles. The molecular formula is C29H34N3O2S+. The van der Waals surface area contributed by atoms with Gasteiger partial charge in [-0.3, -0.25) is 9.59 Å². The molecule has 1 aliphatic rings. The zero-order valence-electron chi connectivity index (χ0n) is 20.8. The van der Waals surface area contributed by atoms with Gasteiger partial charge in [0.1, 0.15) is 0 Å². The van der Waals surface area contributed by atoms with Gasteiger partial charge in [-0.25, -0.2) is 0 Å². The number of amides is 2. The molecule has 0 bridgehead atoms. The lowest BCUT2D eigenvalue weighted by atomic mass is 10.1. The van der Waals surface area contributed by atoms with Crippen molar-refractivity contribution in [2.24, 2.45) is 0 Å². The normalized spacial score (nSPS) is 12.8. The largest absolute Gasteiger partial charge is 0.352 e. The van der Waals surface area contributed by atoms with Crippen LogP contribution in [-0.2, 0) is 6.54 Å². The number of nitrogens with zero attached hydrogens (tertiary/aromatic N) is 1. The van der Waals surface area contributed by atoms with E-state index >= 15 is 0 Å². The number of quaternary nitrogens is 1. The molecule has 0 atom stereocenters. The third-order valence-electron chi connectivity index (χ3n) is 6.55. The Balaban J connectivity index is 1.60. The van der Waals surface area contributed by atoms with Crippen LogP contribution in [0, 0.1) is 6.92 Å². The lowest BCUT2D eigenvalue weighted by molar-refractivity contribution is -0.896. The van der Waals surface area contributed by atoms with Crippen LogP contribution in [0.25, 0.3) is 0 Å². The smallest absolute Gasteiger partial charge is 0.259 e. The van der Waals surface area contributed by atoms with Gasteiger partial charge in [-0.15, -0.1) is 0 Å². The second-order valence-electron chi connectivity index (χ2n) is 8.97. The van der Waals surface area contributed by atoms with Crippen LogP contribution in [0.4, 0.5) is 5.69 Å². The fraction of sp³-hybridized carbons (Fsp3) is 0.310. The predicted molar refractivity (Wildman–Crippen MR) is 143 cm³/mol. The Morgan fingerprint density at radius 2 is 1.71 bits per heavy atom. The van der Waals surface area contributed by atoms with E-state index in [1.54, 1.807) is 16.7 Å². The van der Waals surface area contributed by atoms with Crippen LogP contribution >= 0.6 is 11.8 Å². The molecule has 2 N–H and O–H groups in total. The van der Waals surface area contributed by atoms with Crippen LogP contribution in [0.3, 0.4) is 0 Å². The van der Waals surface area contributed by atoms with Crippen molar-refractivity contribution in [2.75, 3.05) is 31.1 Å². The van der Waals surface area contributed by atoms with Gasteiger partial charge in [0.05, 0.1) is 37.4 Å². The summed E-state index contributed by atoms with van der Waals surface area (Å²) >= 11 is 1.58. The third kappa shape index (κ3) is 5.95. The molecule has 35 heavy (non-hydrogen) atoms. The summed E-state index contributed by atoms with van der Waals surface area (Å²) in [5, 5.41) is 3.06. The van der Waals surface area contributed by atoms with Gasteiger partial charge in [0, 0.05) is 28.3 Å². The van der Waals surface area contributed by atoms with Crippen molar-refractivity contribution in [1.29, 1.82) is 0 Å². The summed E-state index contributed by atoms with van der Waals surface area (Å²) in [4.78, 5) is 31.9. The predicted octanol–water partition coefficient (Wildman–Crippen LogP) is 4.35. The first-order chi connectivity index (χ1) is 17.0. The van der Waals surface area contributed by atoms with Gasteiger partial charge in [-0.1, -0.05) is 53.7 Å². The van der Waals surface area contributed by atoms with E-state index < -0.39 is 0 Å². The molecule has 0 aliphatic carbocycles. The maximum absolute atomic E-state index is 13.7. The van der Waals surface area contributed by atoms with Gasteiger partial charge in [-0.2, -0.15) is 0 Å². The van der Waals surface area contributed by atoms with Gasteiger partial charge in [-0.05, 0) is 56.7 Å². The molecule has 2 amide bonds. The lowest BCUT2D eigenvalue weighted by Crippen LogP contribution is -3.11. The summed E-state index contributed by atoms with van der Waals surface area (Å²) in [6, 6.07) is 21.6. The Bertz CT molecular complexity index is 1190. The third-order valence-corrected chi connectivity index (χ3v) is 7.69. The van der Waals surface area contributed by atoms with Crippen molar-refractivity contribution in [3.05, 3.63) is 89.0 Å². The Morgan fingerprint density at radius 1 is 0.971 bits per heavy atom. The fourth-order valence-electron chi connectivity index (χ4n) is 4.34. The van der Waals surface area contributed by atoms with E-state index in [1.165, 1.54) is 10.5 Å². The first-order valence-corrected chi connectivity index (χ1v) is 13.2. The second kappa shape index (κ2) is 11.6. The zero-order chi connectivity index (χ0) is 24.8. The van der Waals surface area contributed by atoms with Gasteiger partial charge in [0.25, 0.3) is 11.8 Å². The fourth-order valence-corrected chi connectivity index (χ4v) is 5.40. The summed E-state index contributed by atoms with van der Waals surface area (Å²) in [6.07, 6.45) is 0.941. The number of hydrogen-bond acceptors (Lipinski definition) is 3. The average molecular weight is 489 g/mol. The van der Waals surface area contributed by atoms with E-state index in [-0.39, 0.29) is 11.8 Å². The number of anilines is 1. The highest BCUT2D eigenvalue weighted by Crippen LogP contribution is 2.42. The standard InChI is InChI=1S/C29H33N3O2S/c1-4-31(5-2)18-8-17-30-28(33)23-15-16-27-25(19-23)32(20-22-13-11-21(3)12-14-22)29(34)24-9-6-7-10-26(24)35-27/h6-7,9-16,19H,4-5,8,17-18,20H2,1-3H3,(H,30,33)/p+1. The highest BCUT2D eigenvalue weighted by atomic mass is 32.2. The number of rotatable bonds is 9. The van der Waals surface area contributed by atoms with Crippen molar-refractivity contribution < 1.29 is 14.5 Å². The molecule has 3 aromatic rings. The minimum atomic E-state index is -0.100. The van der Waals surface area contributed by atoms with E-state index in [0.29, 0.717) is 24.2 Å². The zero-order valence-corrected chi connectivity index (χ0v) is 21.6. The number of benzene rings is 3. The molecule has 0 saturated carbocycles. The Kier molecular flexibility index (Phi) is 8.26. The van der Waals surface area contributed by atoms with Crippen LogP contribution in [-0.4, -0.2) is 38.0 Å². The average Bonchev–Trinajstić information content (AvgIpc) is 2.99. The number of aryl methyl sites for hydroxylation is 1. The summed E-state index contributed by atoms with van der Waals surface area (Å²) in [5.41, 5.74) is 4.27. The molecule has 0 spiro atoms. The first kappa shape index (κ1) is 25.0. The molecule has 182 valence electrons. The van der Waals surface area contributed by atoms with Crippen molar-refractivity contribution in [2.45, 2.75) is 43.5 Å². The van der Waals surface area contributed by atoms with E-state index in [9.17, 15) is 9.59 Å². The van der Waals surface area contributed by atoms with Crippen LogP contribution in [0.15, 0.2) is 76.5 Å². The summed E-state index contributed by atoms with van der Waals surface area (Å²) in [7, 11) is 0. The molecule has 4 rings (SSSR count). The molecular weight excluding hydrogens is 454 g/mol. The number of fused-ring (bicyclic) bond motifs is 2. The summed E-state index contributed by atoms with van der Waals surface area (Å²) in [6.45, 7) is 10.8. The van der Waals surface area contributed by atoms with Crippen LogP contribution in [0.5, 0.6) is 0 Å². The van der Waals surface area contributed by atoms with E-state index in [4.69, 9.17) is 0 Å². The van der Waals surface area contributed by atoms with E-state index in [2.05, 4.69) is 50.4 Å². The van der Waals surface area contributed by atoms with Crippen LogP contribution in [0.2, 0.25) is 0 Å². The SMILES string of the molecule is CC[NH+](CC)CCCNC(=O)c1ccc2c(c1)N(Cc1ccc(C)cc1)C(=O)c1ccccc1S2. The van der Waals surface area contributed by atoms with Gasteiger partial charge in [0.15, 0.2) is 0 Å². The van der Waals surface area contributed by atoms with E-state index in [1.807, 2.05) is 42.5 Å². The quantitative estimate of drug-likeness (QED) is 0.440. The minimum absolute atomic E-state index is 0.0489. The molecule has 6 heteroatoms. The van der Waals surface area contributed by atoms with Crippen molar-refractivity contribution in [3.8, 4) is 0 Å². The molecule has 0 fully saturated rings. The first-order valence-electron chi connectivity index (χ1n) is 12.4. The number of carbonyl (C=O) groups excluding carboxylic acids is 2. The van der Waals surface area contributed by atoms with Crippen molar-refractivity contribution in [1.82, 2.24) is 5.32 Å². The highest BCUT2D eigenvalue weighted by Gasteiger charge is 2.28. The molecule has 1 heterocycles. The molecule has 0 saturated heterocycles. The Labute approximate surface area is 212 Å². The molecule has 3 aromatic carbocycles. The van der Waals surface area contributed by atoms with Crippen molar-refractivity contribution >= 4 is 29.3 Å². The maximum atomic E-state index is 13.7. The lowest BCUT2D eigenvalue weighted by Gasteiger charge is -2.24. The van der Waals surface area contributed by atoms with Gasteiger partial charge >= 0.3 is 0 Å². The summed E-state index contributed by atoms with van der Waals surface area (Å²) < 4.78 is 0. The van der Waals surface area contributed by atoms with E-state index in [0.717, 1.165) is 47.1 Å². The number of nitrogens with one attached hydrogen (secondary N) is 2. The van der Waals surface area contributed by atoms with Gasteiger partial charge < -0.3 is 15.1 Å². The summed E-state index contributed by atoms with van der Waals surface area (Å²) in [5.74, 6) is -0.149. The maximum Gasteiger partial charge on any atom is 0.259 e. The second-order valence-corrected chi connectivity index (χ2v) is 10.1. The molecule has 5 nitrogen and oxygen atoms in total. The van der Waals surface area contributed by atoms with Gasteiger partial charge in [0.2, 0.25) is 0 Å².